The summed E-state index contributed by atoms with van der Waals surface area (Å²) >= 11 is 8.38. The van der Waals surface area contributed by atoms with E-state index in [1.165, 1.54) is 12.8 Å². The maximum atomic E-state index is 5.68. The lowest BCUT2D eigenvalue weighted by Crippen LogP contribution is -2.12. The van der Waals surface area contributed by atoms with Crippen molar-refractivity contribution >= 4 is 33.1 Å². The van der Waals surface area contributed by atoms with Gasteiger partial charge in [0.15, 0.2) is 0 Å². The van der Waals surface area contributed by atoms with Crippen molar-refractivity contribution in [3.8, 4) is 5.75 Å². The topological polar surface area (TPSA) is 35.2 Å². The second-order valence-electron chi connectivity index (χ2n) is 3.56. The van der Waals surface area contributed by atoms with Crippen LogP contribution in [0.2, 0.25) is 0 Å². The summed E-state index contributed by atoms with van der Waals surface area (Å²) in [6.07, 6.45) is 3.42. The summed E-state index contributed by atoms with van der Waals surface area (Å²) in [7, 11) is 0. The molecule has 0 spiro atoms. The maximum absolute atomic E-state index is 5.68. The van der Waals surface area contributed by atoms with E-state index in [2.05, 4.69) is 22.9 Å². The van der Waals surface area contributed by atoms with Crippen LogP contribution < -0.4 is 10.5 Å². The molecule has 0 aliphatic heterocycles. The number of thiocarbonyl (C=S) groups is 1. The van der Waals surface area contributed by atoms with Gasteiger partial charge in [-0.1, -0.05) is 47.9 Å². The third-order valence-corrected chi connectivity index (χ3v) is 2.93. The van der Waals surface area contributed by atoms with Crippen LogP contribution in [0, 0.1) is 0 Å². The largest absolute Gasteiger partial charge is 0.493 e. The summed E-state index contributed by atoms with van der Waals surface area (Å²) in [5.41, 5.74) is 6.43. The Labute approximate surface area is 110 Å². The molecule has 16 heavy (non-hydrogen) atoms. The van der Waals surface area contributed by atoms with Crippen molar-refractivity contribution in [1.29, 1.82) is 0 Å². The van der Waals surface area contributed by atoms with Crippen molar-refractivity contribution in [2.75, 3.05) is 6.61 Å². The van der Waals surface area contributed by atoms with Gasteiger partial charge in [0.05, 0.1) is 12.2 Å². The van der Waals surface area contributed by atoms with E-state index in [1.807, 2.05) is 18.2 Å². The molecular weight excluding hydrogens is 286 g/mol. The summed E-state index contributed by atoms with van der Waals surface area (Å²) in [6.45, 7) is 2.87. The molecule has 0 heterocycles. The van der Waals surface area contributed by atoms with E-state index in [4.69, 9.17) is 22.7 Å². The van der Waals surface area contributed by atoms with Gasteiger partial charge in [-0.3, -0.25) is 0 Å². The van der Waals surface area contributed by atoms with Crippen LogP contribution in [0.3, 0.4) is 0 Å². The second-order valence-corrected chi connectivity index (χ2v) is 4.92. The predicted octanol–water partition coefficient (Wildman–Crippen LogP) is 3.65. The molecule has 0 fully saturated rings. The Bertz CT molecular complexity index is 368. The van der Waals surface area contributed by atoms with E-state index in [1.54, 1.807) is 0 Å². The molecule has 0 unspecified atom stereocenters. The average molecular weight is 302 g/mol. The number of unbranched alkanes of at least 4 members (excludes halogenated alkanes) is 2. The standard InChI is InChI=1S/C12H16BrNOS/c1-2-3-4-7-15-11-8-9(13)5-6-10(11)12(14)16/h5-6,8H,2-4,7H2,1H3,(H2,14,16). The molecule has 1 rings (SSSR count). The minimum Gasteiger partial charge on any atom is -0.493 e. The van der Waals surface area contributed by atoms with Gasteiger partial charge in [0.25, 0.3) is 0 Å². The van der Waals surface area contributed by atoms with Crippen LogP contribution in [0.1, 0.15) is 31.7 Å². The normalized spacial score (nSPS) is 10.1. The van der Waals surface area contributed by atoms with E-state index in [0.29, 0.717) is 11.6 Å². The Kier molecular flexibility index (Phi) is 5.77. The molecule has 0 aliphatic rings. The third kappa shape index (κ3) is 4.10. The maximum Gasteiger partial charge on any atom is 0.130 e. The highest BCUT2D eigenvalue weighted by atomic mass is 79.9. The molecular formula is C12H16BrNOS. The molecule has 4 heteroatoms. The summed E-state index contributed by atoms with van der Waals surface area (Å²) in [4.78, 5) is 0.373. The molecule has 0 bridgehead atoms. The quantitative estimate of drug-likeness (QED) is 0.643. The number of halogens is 1. The van der Waals surface area contributed by atoms with Crippen LogP contribution in [0.25, 0.3) is 0 Å². The van der Waals surface area contributed by atoms with E-state index < -0.39 is 0 Å². The van der Waals surface area contributed by atoms with Crippen LogP contribution >= 0.6 is 28.1 Å². The second kappa shape index (κ2) is 6.86. The van der Waals surface area contributed by atoms with Gasteiger partial charge in [0, 0.05) is 4.47 Å². The van der Waals surface area contributed by atoms with E-state index in [9.17, 15) is 0 Å². The fourth-order valence-electron chi connectivity index (χ4n) is 1.35. The first-order valence-electron chi connectivity index (χ1n) is 5.37. The van der Waals surface area contributed by atoms with E-state index in [-0.39, 0.29) is 0 Å². The number of benzene rings is 1. The first kappa shape index (κ1) is 13.5. The van der Waals surface area contributed by atoms with Crippen molar-refractivity contribution in [3.05, 3.63) is 28.2 Å². The highest BCUT2D eigenvalue weighted by molar-refractivity contribution is 9.10. The smallest absolute Gasteiger partial charge is 0.130 e. The molecule has 88 valence electrons. The average Bonchev–Trinajstić information content (AvgIpc) is 2.24. The molecule has 0 saturated carbocycles. The number of rotatable bonds is 6. The van der Waals surface area contributed by atoms with Gasteiger partial charge in [-0.2, -0.15) is 0 Å². The predicted molar refractivity (Wildman–Crippen MR) is 75.0 cm³/mol. The van der Waals surface area contributed by atoms with Crippen LogP contribution in [-0.2, 0) is 0 Å². The van der Waals surface area contributed by atoms with Gasteiger partial charge >= 0.3 is 0 Å². The number of hydrogen-bond acceptors (Lipinski definition) is 2. The molecule has 0 aromatic heterocycles. The number of nitrogens with two attached hydrogens (primary N) is 1. The SMILES string of the molecule is CCCCCOc1cc(Br)ccc1C(N)=S. The monoisotopic (exact) mass is 301 g/mol. The van der Waals surface area contributed by atoms with Gasteiger partial charge in [0.2, 0.25) is 0 Å². The van der Waals surface area contributed by atoms with Crippen molar-refractivity contribution in [3.63, 3.8) is 0 Å². The van der Waals surface area contributed by atoms with Gasteiger partial charge in [-0.05, 0) is 24.6 Å². The van der Waals surface area contributed by atoms with Gasteiger partial charge in [-0.25, -0.2) is 0 Å². The summed E-state index contributed by atoms with van der Waals surface area (Å²) in [6, 6.07) is 5.69. The van der Waals surface area contributed by atoms with Crippen molar-refractivity contribution in [1.82, 2.24) is 0 Å². The van der Waals surface area contributed by atoms with Crippen molar-refractivity contribution in [2.45, 2.75) is 26.2 Å². The number of ether oxygens (including phenoxy) is 1. The van der Waals surface area contributed by atoms with Gasteiger partial charge in [-0.15, -0.1) is 0 Å². The summed E-state index contributed by atoms with van der Waals surface area (Å²) in [5, 5.41) is 0. The lowest BCUT2D eigenvalue weighted by Gasteiger charge is -2.10. The fraction of sp³-hybridized carbons (Fsp3) is 0.417. The zero-order valence-electron chi connectivity index (χ0n) is 9.33. The molecule has 0 amide bonds. The number of hydrogen-bond donors (Lipinski definition) is 1. The summed E-state index contributed by atoms with van der Waals surface area (Å²) in [5.74, 6) is 0.762. The highest BCUT2D eigenvalue weighted by Gasteiger charge is 2.06. The Morgan fingerprint density at radius 3 is 2.81 bits per heavy atom. The molecule has 1 aromatic carbocycles. The van der Waals surface area contributed by atoms with E-state index in [0.717, 1.165) is 22.2 Å². The fourth-order valence-corrected chi connectivity index (χ4v) is 1.86. The lowest BCUT2D eigenvalue weighted by molar-refractivity contribution is 0.305. The Hall–Kier alpha value is -0.610. The van der Waals surface area contributed by atoms with Gasteiger partial charge < -0.3 is 10.5 Å². The molecule has 2 nitrogen and oxygen atoms in total. The highest BCUT2D eigenvalue weighted by Crippen LogP contribution is 2.24. The van der Waals surface area contributed by atoms with Crippen LogP contribution in [0.4, 0.5) is 0 Å². The molecule has 1 aromatic rings. The van der Waals surface area contributed by atoms with E-state index >= 15 is 0 Å². The molecule has 2 N–H and O–H groups in total. The Morgan fingerprint density at radius 1 is 1.44 bits per heavy atom. The molecule has 0 atom stereocenters. The third-order valence-electron chi connectivity index (χ3n) is 2.21. The zero-order chi connectivity index (χ0) is 12.0. The molecule has 0 saturated heterocycles. The van der Waals surface area contributed by atoms with Crippen molar-refractivity contribution < 1.29 is 4.74 Å². The minimum absolute atomic E-state index is 0.373. The summed E-state index contributed by atoms with van der Waals surface area (Å²) < 4.78 is 6.65. The minimum atomic E-state index is 0.373. The first-order chi connectivity index (χ1) is 7.65. The Balaban J connectivity index is 2.68. The van der Waals surface area contributed by atoms with Gasteiger partial charge in [0.1, 0.15) is 10.7 Å². The molecule has 0 radical (unpaired) electrons. The first-order valence-corrected chi connectivity index (χ1v) is 6.57. The van der Waals surface area contributed by atoms with Crippen LogP contribution in [0.5, 0.6) is 5.75 Å². The van der Waals surface area contributed by atoms with Crippen LogP contribution in [-0.4, -0.2) is 11.6 Å². The Morgan fingerprint density at radius 2 is 2.19 bits per heavy atom. The van der Waals surface area contributed by atoms with Crippen molar-refractivity contribution in [2.24, 2.45) is 5.73 Å². The zero-order valence-corrected chi connectivity index (χ0v) is 11.7. The molecule has 0 aliphatic carbocycles. The lowest BCUT2D eigenvalue weighted by atomic mass is 10.2. The van der Waals surface area contributed by atoms with Crippen LogP contribution in [0.15, 0.2) is 22.7 Å².